The van der Waals surface area contributed by atoms with Gasteiger partial charge in [0.15, 0.2) is 0 Å². The second-order valence-corrected chi connectivity index (χ2v) is 10.1. The first-order chi connectivity index (χ1) is 15.2. The van der Waals surface area contributed by atoms with Crippen LogP contribution in [0.1, 0.15) is 115 Å². The summed E-state index contributed by atoms with van der Waals surface area (Å²) < 4.78 is 14.1. The van der Waals surface area contributed by atoms with E-state index in [0.717, 1.165) is 23.7 Å². The fraction of sp³-hybridized carbons (Fsp3) is 0.759. The molecular formula is C29H46O2. The standard InChI is InChI=1S/C26H40O.C2H6.CO/c1-19-3-7-21(8-4-19)23-11-15-25(16-12-23)27-26-17-13-24(14-18-26)22-9-5-20(2)6-10-22;2*1-2/h3-4,7-8,20,22-26H,5-6,9-18H2,1-2H3;1-2H3;. The molecule has 0 aromatic heterocycles. The van der Waals surface area contributed by atoms with Crippen molar-refractivity contribution in [3.63, 3.8) is 0 Å². The molecule has 0 aliphatic heterocycles. The molecule has 4 rings (SSSR count). The fourth-order valence-electron chi connectivity index (χ4n) is 6.10. The van der Waals surface area contributed by atoms with Crippen molar-refractivity contribution in [1.82, 2.24) is 0 Å². The Bertz CT molecular complexity index is 595. The Morgan fingerprint density at radius 3 is 1.58 bits per heavy atom. The normalized spacial score (nSPS) is 33.2. The van der Waals surface area contributed by atoms with Crippen molar-refractivity contribution in [3.05, 3.63) is 42.0 Å². The average molecular weight is 427 g/mol. The van der Waals surface area contributed by atoms with E-state index in [0.29, 0.717) is 12.2 Å². The minimum atomic E-state index is 0.531. The summed E-state index contributed by atoms with van der Waals surface area (Å²) in [6.07, 6.45) is 17.7. The quantitative estimate of drug-likeness (QED) is 0.351. The summed E-state index contributed by atoms with van der Waals surface area (Å²) >= 11 is 0. The molecular weight excluding hydrogens is 380 g/mol. The van der Waals surface area contributed by atoms with Crippen LogP contribution in [0.2, 0.25) is 0 Å². The van der Waals surface area contributed by atoms with Crippen LogP contribution in [0, 0.1) is 31.3 Å². The third-order valence-corrected chi connectivity index (χ3v) is 8.05. The van der Waals surface area contributed by atoms with Crippen LogP contribution < -0.4 is 0 Å². The van der Waals surface area contributed by atoms with Crippen molar-refractivity contribution in [2.75, 3.05) is 0 Å². The first kappa shape index (κ1) is 26.2. The van der Waals surface area contributed by atoms with Gasteiger partial charge in [-0.05, 0) is 100 Å². The van der Waals surface area contributed by atoms with Gasteiger partial charge in [-0.15, -0.1) is 0 Å². The molecule has 2 heteroatoms. The zero-order valence-electron chi connectivity index (χ0n) is 20.6. The van der Waals surface area contributed by atoms with Gasteiger partial charge in [0.1, 0.15) is 0 Å². The van der Waals surface area contributed by atoms with Crippen molar-refractivity contribution in [1.29, 1.82) is 0 Å². The molecule has 174 valence electrons. The topological polar surface area (TPSA) is 29.1 Å². The van der Waals surface area contributed by atoms with E-state index in [9.17, 15) is 0 Å². The zero-order valence-corrected chi connectivity index (χ0v) is 20.6. The van der Waals surface area contributed by atoms with Gasteiger partial charge in [-0.3, -0.25) is 0 Å². The molecule has 3 saturated carbocycles. The molecule has 3 aliphatic rings. The van der Waals surface area contributed by atoms with E-state index in [1.165, 1.54) is 82.6 Å². The third kappa shape index (κ3) is 8.08. The first-order valence-corrected chi connectivity index (χ1v) is 13.1. The van der Waals surface area contributed by atoms with Crippen LogP contribution in [0.4, 0.5) is 0 Å². The Balaban J connectivity index is 0.000000807. The Labute approximate surface area is 192 Å². The number of rotatable bonds is 4. The van der Waals surface area contributed by atoms with Gasteiger partial charge in [0, 0.05) is 0 Å². The second kappa shape index (κ2) is 14.1. The summed E-state index contributed by atoms with van der Waals surface area (Å²) in [6, 6.07) is 9.22. The fourth-order valence-corrected chi connectivity index (χ4v) is 6.10. The molecule has 1 aromatic rings. The number of benzene rings is 1. The molecule has 2 nitrogen and oxygen atoms in total. The Morgan fingerprint density at radius 2 is 1.10 bits per heavy atom. The van der Waals surface area contributed by atoms with Gasteiger partial charge in [0.25, 0.3) is 0 Å². The van der Waals surface area contributed by atoms with Gasteiger partial charge in [0.2, 0.25) is 0 Å². The predicted molar refractivity (Wildman–Crippen MR) is 129 cm³/mol. The van der Waals surface area contributed by atoms with E-state index in [1.54, 1.807) is 5.56 Å². The number of aryl methyl sites for hydroxylation is 1. The van der Waals surface area contributed by atoms with E-state index >= 15 is 0 Å². The average Bonchev–Trinajstić information content (AvgIpc) is 2.84. The predicted octanol–water partition coefficient (Wildman–Crippen LogP) is 8.41. The first-order valence-electron chi connectivity index (χ1n) is 13.1. The van der Waals surface area contributed by atoms with Gasteiger partial charge < -0.3 is 4.74 Å². The molecule has 0 spiro atoms. The number of hydrogen-bond donors (Lipinski definition) is 0. The SMILES string of the molecule is CC.Cc1ccc(C2CCC(OC3CCC(C4CCC(C)CC4)CC3)CC2)cc1.[C-]#[O+]. The second-order valence-electron chi connectivity index (χ2n) is 10.1. The Kier molecular flexibility index (Phi) is 11.9. The van der Waals surface area contributed by atoms with Gasteiger partial charge in [-0.2, -0.15) is 0 Å². The summed E-state index contributed by atoms with van der Waals surface area (Å²) in [5.74, 6) is 3.78. The maximum atomic E-state index is 7.50. The van der Waals surface area contributed by atoms with Crippen LogP contribution in [0.15, 0.2) is 24.3 Å². The van der Waals surface area contributed by atoms with Crippen LogP contribution >= 0.6 is 0 Å². The molecule has 1 aromatic carbocycles. The van der Waals surface area contributed by atoms with Crippen molar-refractivity contribution in [2.24, 2.45) is 17.8 Å². The summed E-state index contributed by atoms with van der Waals surface area (Å²) in [6.45, 7) is 13.1. The third-order valence-electron chi connectivity index (χ3n) is 8.05. The molecule has 0 atom stereocenters. The molecule has 0 heterocycles. The van der Waals surface area contributed by atoms with Crippen LogP contribution in [-0.4, -0.2) is 12.2 Å². The van der Waals surface area contributed by atoms with Crippen molar-refractivity contribution >= 4 is 0 Å². The molecule has 3 fully saturated rings. The Hall–Kier alpha value is -1.08. The number of ether oxygens (including phenoxy) is 1. The van der Waals surface area contributed by atoms with Gasteiger partial charge >= 0.3 is 11.3 Å². The molecule has 0 bridgehead atoms. The van der Waals surface area contributed by atoms with E-state index < -0.39 is 0 Å². The summed E-state index contributed by atoms with van der Waals surface area (Å²) in [7, 11) is 0. The van der Waals surface area contributed by atoms with Gasteiger partial charge in [-0.25, -0.2) is 0 Å². The van der Waals surface area contributed by atoms with E-state index in [1.807, 2.05) is 13.8 Å². The Morgan fingerprint density at radius 1 is 0.677 bits per heavy atom. The monoisotopic (exact) mass is 426 g/mol. The van der Waals surface area contributed by atoms with Crippen molar-refractivity contribution in [3.8, 4) is 0 Å². The summed E-state index contributed by atoms with van der Waals surface area (Å²) in [5, 5.41) is 0. The van der Waals surface area contributed by atoms with Crippen LogP contribution in [-0.2, 0) is 9.39 Å². The minimum absolute atomic E-state index is 0.531. The van der Waals surface area contributed by atoms with Crippen LogP contribution in [0.3, 0.4) is 0 Å². The van der Waals surface area contributed by atoms with Crippen LogP contribution in [0.5, 0.6) is 0 Å². The van der Waals surface area contributed by atoms with E-state index in [4.69, 9.17) is 9.39 Å². The van der Waals surface area contributed by atoms with E-state index in [-0.39, 0.29) is 0 Å². The molecule has 3 aliphatic carbocycles. The number of hydrogen-bond acceptors (Lipinski definition) is 1. The molecule has 0 unspecified atom stereocenters. The zero-order chi connectivity index (χ0) is 22.6. The molecule has 31 heavy (non-hydrogen) atoms. The molecule has 0 amide bonds. The summed E-state index contributed by atoms with van der Waals surface area (Å²) in [4.78, 5) is 0. The maximum absolute atomic E-state index is 7.50. The van der Waals surface area contributed by atoms with Gasteiger partial charge in [-0.1, -0.05) is 63.4 Å². The molecule has 0 saturated heterocycles. The van der Waals surface area contributed by atoms with Crippen molar-refractivity contribution in [2.45, 2.75) is 123 Å². The molecule has 0 N–H and O–H groups in total. The van der Waals surface area contributed by atoms with E-state index in [2.05, 4.69) is 44.8 Å². The van der Waals surface area contributed by atoms with Crippen LogP contribution in [0.25, 0.3) is 0 Å². The van der Waals surface area contributed by atoms with Gasteiger partial charge in [0.05, 0.1) is 12.2 Å². The molecule has 0 radical (unpaired) electrons. The summed E-state index contributed by atoms with van der Waals surface area (Å²) in [5.41, 5.74) is 2.91. The van der Waals surface area contributed by atoms with Crippen molar-refractivity contribution < 1.29 is 9.39 Å².